The first-order valence-electron chi connectivity index (χ1n) is 13.2. The molecule has 206 valence electrons. The summed E-state index contributed by atoms with van der Waals surface area (Å²) in [5, 5.41) is 12.9. The van der Waals surface area contributed by atoms with Crippen LogP contribution >= 0.6 is 0 Å². The molecule has 1 saturated carbocycles. The van der Waals surface area contributed by atoms with E-state index in [9.17, 15) is 9.59 Å². The predicted molar refractivity (Wildman–Crippen MR) is 148 cm³/mol. The third-order valence-corrected chi connectivity index (χ3v) is 6.74. The maximum Gasteiger partial charge on any atom is 0.435 e. The van der Waals surface area contributed by atoms with E-state index in [1.165, 1.54) is 11.0 Å². The van der Waals surface area contributed by atoms with Crippen LogP contribution in [0.1, 0.15) is 77.1 Å². The summed E-state index contributed by atoms with van der Waals surface area (Å²) in [6.45, 7) is 15.1. The Labute approximate surface area is 227 Å². The monoisotopic (exact) mass is 532 g/mol. The molecule has 0 aliphatic heterocycles. The van der Waals surface area contributed by atoms with E-state index in [1.54, 1.807) is 4.52 Å². The molecule has 1 aliphatic rings. The molecule has 3 aromatic heterocycles. The number of nitrogens with one attached hydrogen (secondary N) is 1. The minimum atomic E-state index is -0.669. The zero-order chi connectivity index (χ0) is 28.3. The predicted octanol–water partition coefficient (Wildman–Crippen LogP) is 5.92. The van der Waals surface area contributed by atoms with Crippen molar-refractivity contribution >= 4 is 28.7 Å². The number of benzene rings is 1. The number of fused-ring (bicyclic) bond motifs is 2. The molecule has 4 aromatic rings. The summed E-state index contributed by atoms with van der Waals surface area (Å²) in [7, 11) is 0. The summed E-state index contributed by atoms with van der Waals surface area (Å²) in [4.78, 5) is 29.8. The largest absolute Gasteiger partial charge is 0.444 e. The van der Waals surface area contributed by atoms with E-state index in [1.807, 2.05) is 60.7 Å². The Morgan fingerprint density at radius 1 is 0.974 bits per heavy atom. The minimum Gasteiger partial charge on any atom is -0.444 e. The number of amides is 1. The lowest BCUT2D eigenvalue weighted by atomic mass is 9.77. The summed E-state index contributed by atoms with van der Waals surface area (Å²) in [5.74, 6) is 0.0927. The minimum absolute atomic E-state index is 0.00988. The highest BCUT2D eigenvalue weighted by Gasteiger charge is 2.36. The number of nitrogens with zero attached hydrogens (tertiary/aromatic N) is 5. The number of ether oxygens (including phenoxy) is 2. The van der Waals surface area contributed by atoms with Crippen LogP contribution < -0.4 is 5.32 Å². The summed E-state index contributed by atoms with van der Waals surface area (Å²) in [6, 6.07) is 6.15. The van der Waals surface area contributed by atoms with Crippen LogP contribution in [-0.4, -0.2) is 53.8 Å². The molecule has 0 spiro atoms. The number of alkyl carbamates (subject to hydrolysis) is 1. The maximum atomic E-state index is 13.3. The Morgan fingerprint density at radius 2 is 1.67 bits per heavy atom. The van der Waals surface area contributed by atoms with Gasteiger partial charge in [-0.1, -0.05) is 0 Å². The molecule has 1 amide bonds. The van der Waals surface area contributed by atoms with Gasteiger partial charge in [0.15, 0.2) is 5.65 Å². The molecule has 0 atom stereocenters. The second-order valence-corrected chi connectivity index (χ2v) is 12.4. The fraction of sp³-hybridized carbons (Fsp3) is 0.483. The van der Waals surface area contributed by atoms with Gasteiger partial charge in [0.25, 0.3) is 0 Å². The van der Waals surface area contributed by atoms with Crippen molar-refractivity contribution in [3.63, 3.8) is 0 Å². The topological polar surface area (TPSA) is 113 Å². The fourth-order valence-electron chi connectivity index (χ4n) is 5.02. The van der Waals surface area contributed by atoms with Crippen molar-refractivity contribution in [3.8, 4) is 11.1 Å². The van der Waals surface area contributed by atoms with Gasteiger partial charge in [0.2, 0.25) is 0 Å². The van der Waals surface area contributed by atoms with E-state index in [-0.39, 0.29) is 12.0 Å². The molecular weight excluding hydrogens is 496 g/mol. The Morgan fingerprint density at radius 3 is 2.33 bits per heavy atom. The average Bonchev–Trinajstić information content (AvgIpc) is 3.38. The molecule has 0 radical (unpaired) electrons. The van der Waals surface area contributed by atoms with E-state index < -0.39 is 23.4 Å². The molecule has 1 aromatic carbocycles. The lowest BCUT2D eigenvalue weighted by Gasteiger charge is -2.35. The van der Waals surface area contributed by atoms with E-state index in [0.29, 0.717) is 18.4 Å². The average molecular weight is 533 g/mol. The second-order valence-electron chi connectivity index (χ2n) is 12.4. The smallest absolute Gasteiger partial charge is 0.435 e. The van der Waals surface area contributed by atoms with Gasteiger partial charge >= 0.3 is 12.2 Å². The number of pyridine rings is 1. The van der Waals surface area contributed by atoms with Crippen LogP contribution in [0.15, 0.2) is 30.7 Å². The maximum absolute atomic E-state index is 13.3. The zero-order valence-corrected chi connectivity index (χ0v) is 23.8. The number of hydrogen-bond acceptors (Lipinski definition) is 7. The van der Waals surface area contributed by atoms with E-state index in [0.717, 1.165) is 39.0 Å². The standard InChI is InChI=1S/C29H36N6O4/c1-16-10-22-23(13-21(16)19-9-17(2)25-30-15-31-34(25)14-19)35(27(37)39-29(6,7)8)33-24(22)18-11-20(12-18)32-26(36)38-28(3,4)5/h9-10,13-15,18,20H,11-12H2,1-8H3,(H,32,36). The Hall–Kier alpha value is -3.95. The van der Waals surface area contributed by atoms with E-state index in [2.05, 4.69) is 34.5 Å². The van der Waals surface area contributed by atoms with Crippen LogP contribution in [0.4, 0.5) is 9.59 Å². The van der Waals surface area contributed by atoms with Gasteiger partial charge in [-0.05, 0) is 103 Å². The van der Waals surface area contributed by atoms with Gasteiger partial charge in [-0.15, -0.1) is 0 Å². The van der Waals surface area contributed by atoms with E-state index in [4.69, 9.17) is 14.6 Å². The molecule has 5 rings (SSSR count). The van der Waals surface area contributed by atoms with Crippen molar-refractivity contribution in [1.29, 1.82) is 0 Å². The number of carbonyl (C=O) groups excluding carboxylic acids is 2. The van der Waals surface area contributed by atoms with Crippen LogP contribution in [0.25, 0.3) is 27.7 Å². The molecule has 0 saturated heterocycles. The SMILES string of the molecule is Cc1cc2c(C3CC(NC(=O)OC(C)(C)C)C3)nn(C(=O)OC(C)(C)C)c2cc1-c1cc(C)c2ncnn2c1. The van der Waals surface area contributed by atoms with Crippen LogP contribution in [-0.2, 0) is 9.47 Å². The Bertz CT molecular complexity index is 1580. The van der Waals surface area contributed by atoms with Gasteiger partial charge in [0, 0.05) is 29.1 Å². The molecule has 10 nitrogen and oxygen atoms in total. The third-order valence-electron chi connectivity index (χ3n) is 6.74. The molecule has 0 unspecified atom stereocenters. The number of aryl methyl sites for hydroxylation is 2. The fourth-order valence-corrected chi connectivity index (χ4v) is 5.02. The van der Waals surface area contributed by atoms with Gasteiger partial charge in [0.05, 0.1) is 11.2 Å². The lowest BCUT2D eigenvalue weighted by Crippen LogP contribution is -2.45. The number of hydrogen-bond donors (Lipinski definition) is 1. The Balaban J connectivity index is 1.51. The molecule has 39 heavy (non-hydrogen) atoms. The van der Waals surface area contributed by atoms with Crippen molar-refractivity contribution in [2.75, 3.05) is 0 Å². The highest BCUT2D eigenvalue weighted by Crippen LogP contribution is 2.41. The molecular formula is C29H36N6O4. The summed E-state index contributed by atoms with van der Waals surface area (Å²) < 4.78 is 14.2. The third kappa shape index (κ3) is 5.46. The first kappa shape index (κ1) is 26.6. The number of rotatable bonds is 3. The van der Waals surface area contributed by atoms with Gasteiger partial charge < -0.3 is 14.8 Å². The molecule has 10 heteroatoms. The normalized spacial score (nSPS) is 17.7. The quantitative estimate of drug-likeness (QED) is 0.349. The summed E-state index contributed by atoms with van der Waals surface area (Å²) in [5.41, 5.74) is 5.08. The number of aromatic nitrogens is 5. The van der Waals surface area contributed by atoms with Crippen LogP contribution in [0.5, 0.6) is 0 Å². The first-order valence-corrected chi connectivity index (χ1v) is 13.2. The molecule has 1 fully saturated rings. The molecule has 3 heterocycles. The molecule has 1 aliphatic carbocycles. The van der Waals surface area contributed by atoms with Gasteiger partial charge in [-0.25, -0.2) is 19.1 Å². The molecule has 0 bridgehead atoms. The van der Waals surface area contributed by atoms with E-state index >= 15 is 0 Å². The second kappa shape index (κ2) is 9.36. The van der Waals surface area contributed by atoms with Gasteiger partial charge in [-0.2, -0.15) is 14.9 Å². The van der Waals surface area contributed by atoms with Crippen LogP contribution in [0, 0.1) is 13.8 Å². The highest BCUT2D eigenvalue weighted by atomic mass is 16.6. The summed E-state index contributed by atoms with van der Waals surface area (Å²) >= 11 is 0. The van der Waals surface area contributed by atoms with Crippen molar-refractivity contribution in [1.82, 2.24) is 29.7 Å². The summed E-state index contributed by atoms with van der Waals surface area (Å²) in [6.07, 6.45) is 3.95. The Kier molecular flexibility index (Phi) is 6.39. The zero-order valence-electron chi connectivity index (χ0n) is 23.8. The number of carbonyl (C=O) groups is 2. The van der Waals surface area contributed by atoms with Gasteiger partial charge in [0.1, 0.15) is 17.5 Å². The van der Waals surface area contributed by atoms with Gasteiger partial charge in [-0.3, -0.25) is 0 Å². The van der Waals surface area contributed by atoms with Crippen molar-refractivity contribution in [3.05, 3.63) is 47.5 Å². The molecule has 1 N–H and O–H groups in total. The van der Waals surface area contributed by atoms with Crippen LogP contribution in [0.2, 0.25) is 0 Å². The highest BCUT2D eigenvalue weighted by molar-refractivity contribution is 5.94. The van der Waals surface area contributed by atoms with Crippen molar-refractivity contribution < 1.29 is 19.1 Å². The van der Waals surface area contributed by atoms with Crippen molar-refractivity contribution in [2.45, 2.75) is 91.4 Å². The lowest BCUT2D eigenvalue weighted by molar-refractivity contribution is 0.0470. The first-order chi connectivity index (χ1) is 18.2. The van der Waals surface area contributed by atoms with Crippen LogP contribution in [0.3, 0.4) is 0 Å². The van der Waals surface area contributed by atoms with Crippen molar-refractivity contribution in [2.24, 2.45) is 0 Å².